The van der Waals surface area contributed by atoms with Gasteiger partial charge in [-0.25, -0.2) is 0 Å². The summed E-state index contributed by atoms with van der Waals surface area (Å²) in [5, 5.41) is 0. The highest BCUT2D eigenvalue weighted by Gasteiger charge is 1.94. The number of ketones is 2. The molecule has 0 rings (SSSR count). The SMILES string of the molecule is CC.CC(=O)C(C)=O. The van der Waals surface area contributed by atoms with E-state index in [1.54, 1.807) is 0 Å². The molecular weight excluding hydrogens is 104 g/mol. The Labute approximate surface area is 49.9 Å². The second-order valence-electron chi connectivity index (χ2n) is 1.11. The lowest BCUT2D eigenvalue weighted by molar-refractivity contribution is -0.134. The van der Waals surface area contributed by atoms with E-state index in [1.807, 2.05) is 13.8 Å². The van der Waals surface area contributed by atoms with Crippen molar-refractivity contribution in [1.29, 1.82) is 0 Å². The van der Waals surface area contributed by atoms with Crippen molar-refractivity contribution in [3.63, 3.8) is 0 Å². The zero-order valence-corrected chi connectivity index (χ0v) is 5.82. The van der Waals surface area contributed by atoms with E-state index in [2.05, 4.69) is 0 Å². The molecule has 0 saturated heterocycles. The summed E-state index contributed by atoms with van der Waals surface area (Å²) in [6, 6.07) is 0. The summed E-state index contributed by atoms with van der Waals surface area (Å²) in [5.41, 5.74) is 0. The van der Waals surface area contributed by atoms with E-state index in [0.717, 1.165) is 0 Å². The van der Waals surface area contributed by atoms with Crippen molar-refractivity contribution < 1.29 is 9.59 Å². The highest BCUT2D eigenvalue weighted by molar-refractivity contribution is 6.35. The lowest BCUT2D eigenvalue weighted by Crippen LogP contribution is -2.01. The zero-order valence-electron chi connectivity index (χ0n) is 5.82. The number of Topliss-reactive ketones (excluding diaryl/α,β-unsaturated/α-hetero) is 2. The van der Waals surface area contributed by atoms with E-state index in [0.29, 0.717) is 0 Å². The first-order valence-electron chi connectivity index (χ1n) is 2.66. The summed E-state index contributed by atoms with van der Waals surface area (Å²) < 4.78 is 0. The van der Waals surface area contributed by atoms with Crippen LogP contribution in [0.5, 0.6) is 0 Å². The molecule has 0 bridgehead atoms. The molecule has 0 unspecified atom stereocenters. The topological polar surface area (TPSA) is 34.1 Å². The third-order valence-electron chi connectivity index (χ3n) is 0.496. The predicted molar refractivity (Wildman–Crippen MR) is 32.7 cm³/mol. The van der Waals surface area contributed by atoms with Gasteiger partial charge in [0, 0.05) is 13.8 Å². The van der Waals surface area contributed by atoms with E-state index < -0.39 is 0 Å². The number of carbonyl (C=O) groups excluding carboxylic acids is 2. The van der Waals surface area contributed by atoms with Gasteiger partial charge in [0.25, 0.3) is 0 Å². The molecule has 0 saturated carbocycles. The molecular formula is C6H12O2. The first-order valence-corrected chi connectivity index (χ1v) is 2.66. The van der Waals surface area contributed by atoms with E-state index >= 15 is 0 Å². The molecule has 0 heterocycles. The molecule has 0 aliphatic carbocycles. The van der Waals surface area contributed by atoms with Crippen LogP contribution in [-0.4, -0.2) is 11.6 Å². The fraction of sp³-hybridized carbons (Fsp3) is 0.667. The average Bonchev–Trinajstić information content (AvgIpc) is 1.72. The van der Waals surface area contributed by atoms with Crippen molar-refractivity contribution in [2.75, 3.05) is 0 Å². The van der Waals surface area contributed by atoms with Crippen LogP contribution in [0.4, 0.5) is 0 Å². The molecule has 0 aromatic carbocycles. The van der Waals surface area contributed by atoms with Gasteiger partial charge in [0.2, 0.25) is 0 Å². The van der Waals surface area contributed by atoms with Crippen molar-refractivity contribution in [3.8, 4) is 0 Å². The summed E-state index contributed by atoms with van der Waals surface area (Å²) in [4.78, 5) is 19.6. The molecule has 48 valence electrons. The van der Waals surface area contributed by atoms with Crippen molar-refractivity contribution >= 4 is 11.6 Å². The van der Waals surface area contributed by atoms with Gasteiger partial charge < -0.3 is 0 Å². The summed E-state index contributed by atoms with van der Waals surface area (Å²) in [6.45, 7) is 6.50. The van der Waals surface area contributed by atoms with Crippen molar-refractivity contribution in [3.05, 3.63) is 0 Å². The fourth-order valence-corrected chi connectivity index (χ4v) is 0. The molecule has 0 fully saturated rings. The first kappa shape index (κ1) is 10.3. The monoisotopic (exact) mass is 116 g/mol. The average molecular weight is 116 g/mol. The summed E-state index contributed by atoms with van der Waals surface area (Å²) >= 11 is 0. The Balaban J connectivity index is 0. The van der Waals surface area contributed by atoms with Crippen LogP contribution in [0, 0.1) is 0 Å². The molecule has 0 N–H and O–H groups in total. The van der Waals surface area contributed by atoms with E-state index in [9.17, 15) is 9.59 Å². The van der Waals surface area contributed by atoms with Crippen LogP contribution in [0.25, 0.3) is 0 Å². The summed E-state index contributed by atoms with van der Waals surface area (Å²) in [6.07, 6.45) is 0. The third-order valence-corrected chi connectivity index (χ3v) is 0.496. The predicted octanol–water partition coefficient (Wildman–Crippen LogP) is 1.19. The van der Waals surface area contributed by atoms with Crippen LogP contribution < -0.4 is 0 Å². The maximum absolute atomic E-state index is 9.79. The van der Waals surface area contributed by atoms with Crippen LogP contribution in [0.1, 0.15) is 27.7 Å². The van der Waals surface area contributed by atoms with Crippen molar-refractivity contribution in [2.45, 2.75) is 27.7 Å². The smallest absolute Gasteiger partial charge is 0.195 e. The van der Waals surface area contributed by atoms with Gasteiger partial charge in [-0.05, 0) is 0 Å². The molecule has 0 amide bonds. The standard InChI is InChI=1S/C4H6O2.C2H6/c1-3(5)4(2)6;1-2/h1-2H3;1-2H3. The molecule has 0 atom stereocenters. The van der Waals surface area contributed by atoms with Gasteiger partial charge in [0.05, 0.1) is 0 Å². The first-order chi connectivity index (χ1) is 3.64. The van der Waals surface area contributed by atoms with E-state index in [4.69, 9.17) is 0 Å². The van der Waals surface area contributed by atoms with Crippen LogP contribution in [-0.2, 0) is 9.59 Å². The number of hydrogen-bond donors (Lipinski definition) is 0. The molecule has 0 aliphatic rings. The van der Waals surface area contributed by atoms with Gasteiger partial charge in [-0.3, -0.25) is 9.59 Å². The van der Waals surface area contributed by atoms with Gasteiger partial charge in [-0.2, -0.15) is 0 Å². The van der Waals surface area contributed by atoms with Gasteiger partial charge in [-0.15, -0.1) is 0 Å². The molecule has 0 radical (unpaired) electrons. The Morgan fingerprint density at radius 1 is 0.875 bits per heavy atom. The Hall–Kier alpha value is -0.660. The van der Waals surface area contributed by atoms with Crippen LogP contribution in [0.15, 0.2) is 0 Å². The van der Waals surface area contributed by atoms with Crippen molar-refractivity contribution in [1.82, 2.24) is 0 Å². The van der Waals surface area contributed by atoms with Gasteiger partial charge >= 0.3 is 0 Å². The lowest BCUT2D eigenvalue weighted by atomic mass is 10.3. The molecule has 8 heavy (non-hydrogen) atoms. The second-order valence-corrected chi connectivity index (χ2v) is 1.11. The molecule has 0 spiro atoms. The normalized spacial score (nSPS) is 6.50. The van der Waals surface area contributed by atoms with Crippen LogP contribution in [0.3, 0.4) is 0 Å². The number of rotatable bonds is 1. The fourth-order valence-electron chi connectivity index (χ4n) is 0. The molecule has 0 aliphatic heterocycles. The minimum atomic E-state index is -0.380. The second kappa shape index (κ2) is 6.34. The lowest BCUT2D eigenvalue weighted by Gasteiger charge is -1.73. The van der Waals surface area contributed by atoms with E-state index in [1.165, 1.54) is 13.8 Å². The van der Waals surface area contributed by atoms with Crippen molar-refractivity contribution in [2.24, 2.45) is 0 Å². The molecule has 2 nitrogen and oxygen atoms in total. The molecule has 0 aromatic rings. The zero-order chi connectivity index (χ0) is 7.15. The maximum atomic E-state index is 9.79. The minimum Gasteiger partial charge on any atom is -0.291 e. The van der Waals surface area contributed by atoms with Crippen LogP contribution in [0.2, 0.25) is 0 Å². The summed E-state index contributed by atoms with van der Waals surface area (Å²) in [5.74, 6) is -0.759. The Morgan fingerprint density at radius 3 is 1.00 bits per heavy atom. The molecule has 0 aromatic heterocycles. The number of carbonyl (C=O) groups is 2. The van der Waals surface area contributed by atoms with Gasteiger partial charge in [0.15, 0.2) is 11.6 Å². The number of hydrogen-bond acceptors (Lipinski definition) is 2. The Kier molecular flexibility index (Phi) is 8.20. The maximum Gasteiger partial charge on any atom is 0.195 e. The quantitative estimate of drug-likeness (QED) is 0.482. The largest absolute Gasteiger partial charge is 0.291 e. The van der Waals surface area contributed by atoms with Gasteiger partial charge in [-0.1, -0.05) is 13.8 Å². The summed E-state index contributed by atoms with van der Waals surface area (Å²) in [7, 11) is 0. The molecule has 2 heteroatoms. The Bertz CT molecular complexity index is 72.5. The van der Waals surface area contributed by atoms with E-state index in [-0.39, 0.29) is 11.6 Å². The highest BCUT2D eigenvalue weighted by Crippen LogP contribution is 1.66. The Morgan fingerprint density at radius 2 is 1.00 bits per heavy atom. The van der Waals surface area contributed by atoms with Gasteiger partial charge in [0.1, 0.15) is 0 Å². The minimum absolute atomic E-state index is 0.380. The van der Waals surface area contributed by atoms with Crippen LogP contribution >= 0.6 is 0 Å². The third kappa shape index (κ3) is 9.02. The highest BCUT2D eigenvalue weighted by atomic mass is 16.2.